The third kappa shape index (κ3) is 14.6. The van der Waals surface area contributed by atoms with Gasteiger partial charge in [0, 0.05) is 20.4 Å². The van der Waals surface area contributed by atoms with Gasteiger partial charge in [-0.2, -0.15) is 0 Å². The smallest absolute Gasteiger partial charge is 0.335 e. The Morgan fingerprint density at radius 2 is 0.892 bits per heavy atom. The molecule has 8 nitrogen and oxygen atoms in total. The molecule has 9 heteroatoms. The fraction of sp³-hybridized carbons (Fsp3) is 0.0357. The van der Waals surface area contributed by atoms with E-state index in [9.17, 15) is 19.2 Å². The molecule has 0 bridgehead atoms. The second-order valence-corrected chi connectivity index (χ2v) is 6.58. The monoisotopic (exact) mass is 592 g/mol. The van der Waals surface area contributed by atoms with E-state index in [2.05, 4.69) is 18.2 Å². The number of carboxylic acids is 4. The average Bonchev–Trinajstić information content (AvgIpc) is 2.92. The second kappa shape index (κ2) is 18.9. The van der Waals surface area contributed by atoms with Crippen LogP contribution in [0.3, 0.4) is 0 Å². The third-order valence-electron chi connectivity index (χ3n) is 4.03. The van der Waals surface area contributed by atoms with Crippen molar-refractivity contribution < 1.29 is 60.0 Å². The van der Waals surface area contributed by atoms with Crippen LogP contribution in [0.15, 0.2) is 96.6 Å². The van der Waals surface area contributed by atoms with Crippen LogP contribution in [-0.4, -0.2) is 44.3 Å². The van der Waals surface area contributed by atoms with Gasteiger partial charge in [-0.1, -0.05) is 54.6 Å². The zero-order chi connectivity index (χ0) is 26.8. The van der Waals surface area contributed by atoms with Crippen molar-refractivity contribution in [1.29, 1.82) is 0 Å². The molecule has 37 heavy (non-hydrogen) atoms. The standard InChI is InChI=1S/C7H7O2.3C7H5O2.Pd/c4*8-7(9)6-4-2-1-3-5-6;/h1-2,4-5H,3H2,(H,8,9);3*2-5H,(H,8,9);. The second-order valence-electron chi connectivity index (χ2n) is 6.58. The van der Waals surface area contributed by atoms with Gasteiger partial charge >= 0.3 is 23.9 Å². The molecule has 0 aliphatic heterocycles. The SMILES string of the molecule is O=C(O)C1=CC[CH]C=C1.O=C(O)c1cc[c]cc1.O=C(O)c1cc[c]cc1.O=C(O)c1cc[c]cc1.[Pd]. The normalized spacial score (nSPS) is 10.6. The topological polar surface area (TPSA) is 149 Å². The summed E-state index contributed by atoms with van der Waals surface area (Å²) in [5, 5.41) is 33.5. The summed E-state index contributed by atoms with van der Waals surface area (Å²) < 4.78 is 0. The first-order chi connectivity index (χ1) is 17.2. The molecule has 0 heterocycles. The number of benzene rings is 3. The van der Waals surface area contributed by atoms with Crippen LogP contribution in [0.1, 0.15) is 37.5 Å². The van der Waals surface area contributed by atoms with Gasteiger partial charge < -0.3 is 20.4 Å². The summed E-state index contributed by atoms with van der Waals surface area (Å²) in [5.74, 6) is -3.55. The van der Waals surface area contributed by atoms with Crippen molar-refractivity contribution in [3.05, 3.63) is 138 Å². The van der Waals surface area contributed by atoms with Gasteiger partial charge in [0.1, 0.15) is 0 Å². The third-order valence-corrected chi connectivity index (χ3v) is 4.03. The Morgan fingerprint density at radius 3 is 1.05 bits per heavy atom. The molecule has 3 aromatic carbocycles. The number of aliphatic carboxylic acids is 1. The quantitative estimate of drug-likeness (QED) is 0.318. The molecule has 0 saturated heterocycles. The first kappa shape index (κ1) is 32.7. The molecule has 1 aliphatic rings. The summed E-state index contributed by atoms with van der Waals surface area (Å²) in [6.07, 6.45) is 7.67. The van der Waals surface area contributed by atoms with Crippen LogP contribution in [0.2, 0.25) is 0 Å². The minimum atomic E-state index is -0.899. The van der Waals surface area contributed by atoms with Crippen molar-refractivity contribution in [2.75, 3.05) is 0 Å². The largest absolute Gasteiger partial charge is 0.478 e. The first-order valence-electron chi connectivity index (χ1n) is 10.2. The predicted molar refractivity (Wildman–Crippen MR) is 130 cm³/mol. The molecule has 192 valence electrons. The Bertz CT molecular complexity index is 1060. The van der Waals surface area contributed by atoms with Gasteiger partial charge in [-0.15, -0.1) is 0 Å². The van der Waals surface area contributed by atoms with E-state index >= 15 is 0 Å². The van der Waals surface area contributed by atoms with Crippen LogP contribution in [0.5, 0.6) is 0 Å². The number of allylic oxidation sites excluding steroid dienone is 2. The summed E-state index contributed by atoms with van der Waals surface area (Å²) in [7, 11) is 0. The van der Waals surface area contributed by atoms with E-state index in [-0.39, 0.29) is 20.4 Å². The Balaban J connectivity index is 0.000000463. The van der Waals surface area contributed by atoms with Gasteiger partial charge in [0.05, 0.1) is 22.3 Å². The molecular weight excluding hydrogens is 571 g/mol. The summed E-state index contributed by atoms with van der Waals surface area (Å²) in [4.78, 5) is 40.8. The fourth-order valence-electron chi connectivity index (χ4n) is 2.26. The summed E-state index contributed by atoms with van der Waals surface area (Å²) in [6.45, 7) is 0. The van der Waals surface area contributed by atoms with Gasteiger partial charge in [0.25, 0.3) is 0 Å². The number of hydrogen-bond donors (Lipinski definition) is 4. The van der Waals surface area contributed by atoms with Crippen LogP contribution in [0.4, 0.5) is 0 Å². The van der Waals surface area contributed by atoms with Crippen LogP contribution < -0.4 is 0 Å². The molecule has 0 atom stereocenters. The van der Waals surface area contributed by atoms with E-state index in [4.69, 9.17) is 20.4 Å². The summed E-state index contributed by atoms with van der Waals surface area (Å²) in [5.41, 5.74) is 1.29. The van der Waals surface area contributed by atoms with Crippen molar-refractivity contribution in [1.82, 2.24) is 0 Å². The maximum Gasteiger partial charge on any atom is 0.335 e. The molecular formula is C28H22O8Pd. The molecule has 4 N–H and O–H groups in total. The van der Waals surface area contributed by atoms with Gasteiger partial charge in [0.15, 0.2) is 0 Å². The number of carboxylic acid groups (broad SMARTS) is 4. The summed E-state index contributed by atoms with van der Waals surface area (Å²) in [6, 6.07) is 26.6. The van der Waals surface area contributed by atoms with Crippen LogP contribution in [0.25, 0.3) is 0 Å². The zero-order valence-corrected chi connectivity index (χ0v) is 20.7. The van der Waals surface area contributed by atoms with E-state index in [1.165, 1.54) is 36.4 Å². The maximum atomic E-state index is 10.2. The van der Waals surface area contributed by atoms with Crippen molar-refractivity contribution in [2.24, 2.45) is 0 Å². The molecule has 0 unspecified atom stereocenters. The fourth-order valence-corrected chi connectivity index (χ4v) is 2.26. The molecule has 1 aliphatic carbocycles. The molecule has 0 amide bonds. The number of rotatable bonds is 4. The molecule has 4 rings (SSSR count). The molecule has 0 aromatic heterocycles. The Morgan fingerprint density at radius 1 is 0.568 bits per heavy atom. The van der Waals surface area contributed by atoms with E-state index in [1.54, 1.807) is 54.6 Å². The van der Waals surface area contributed by atoms with Crippen LogP contribution in [0, 0.1) is 24.6 Å². The molecule has 0 saturated carbocycles. The van der Waals surface area contributed by atoms with Gasteiger partial charge in [-0.25, -0.2) is 19.2 Å². The summed E-state index contributed by atoms with van der Waals surface area (Å²) >= 11 is 0. The van der Waals surface area contributed by atoms with Gasteiger partial charge in [-0.3, -0.25) is 0 Å². The molecule has 3 aromatic rings. The Kier molecular flexibility index (Phi) is 16.7. The number of carbonyl (C=O) groups is 4. The van der Waals surface area contributed by atoms with E-state index in [0.717, 1.165) is 6.42 Å². The van der Waals surface area contributed by atoms with Crippen molar-refractivity contribution in [2.45, 2.75) is 6.42 Å². The van der Waals surface area contributed by atoms with E-state index in [0.29, 0.717) is 22.3 Å². The van der Waals surface area contributed by atoms with Crippen molar-refractivity contribution in [3.63, 3.8) is 0 Å². The van der Waals surface area contributed by atoms with Crippen LogP contribution in [-0.2, 0) is 25.2 Å². The van der Waals surface area contributed by atoms with Crippen molar-refractivity contribution in [3.8, 4) is 0 Å². The van der Waals surface area contributed by atoms with E-state index < -0.39 is 23.9 Å². The minimum absolute atomic E-state index is 0. The minimum Gasteiger partial charge on any atom is -0.478 e. The Labute approximate surface area is 227 Å². The predicted octanol–water partition coefficient (Wildman–Crippen LogP) is 4.71. The molecule has 4 radical (unpaired) electrons. The van der Waals surface area contributed by atoms with Gasteiger partial charge in [0.2, 0.25) is 0 Å². The maximum absolute atomic E-state index is 10.2. The number of hydrogen-bond acceptors (Lipinski definition) is 4. The average molecular weight is 593 g/mol. The van der Waals surface area contributed by atoms with Gasteiger partial charge in [-0.05, 0) is 67.4 Å². The Hall–Kier alpha value is -4.32. The van der Waals surface area contributed by atoms with Crippen molar-refractivity contribution >= 4 is 23.9 Å². The molecule has 0 fully saturated rings. The zero-order valence-electron chi connectivity index (χ0n) is 19.2. The number of aromatic carboxylic acids is 3. The van der Waals surface area contributed by atoms with E-state index in [1.807, 2.05) is 6.42 Å². The van der Waals surface area contributed by atoms with Crippen LogP contribution >= 0.6 is 0 Å². The molecule has 0 spiro atoms. The first-order valence-corrected chi connectivity index (χ1v) is 10.2.